The number of nitrogens with zero attached hydrogens (tertiary/aromatic N) is 3. The number of aromatic nitrogens is 2. The molecule has 1 aliphatic rings. The van der Waals surface area contributed by atoms with Crippen molar-refractivity contribution in [2.45, 2.75) is 12.1 Å². The van der Waals surface area contributed by atoms with E-state index in [-0.39, 0.29) is 5.91 Å². The normalized spacial score (nSPS) is 14.2. The molecular formula is C9H13N5OS. The molecule has 1 amide bonds. The van der Waals surface area contributed by atoms with Gasteiger partial charge in [0.15, 0.2) is 16.8 Å². The van der Waals surface area contributed by atoms with Gasteiger partial charge in [-0.05, 0) is 6.26 Å². The molecule has 0 spiro atoms. The Labute approximate surface area is 97.6 Å². The first-order valence-electron chi connectivity index (χ1n) is 4.87. The summed E-state index contributed by atoms with van der Waals surface area (Å²) in [5.74, 6) is 0.935. The van der Waals surface area contributed by atoms with Gasteiger partial charge in [-0.1, -0.05) is 11.8 Å². The van der Waals surface area contributed by atoms with Crippen molar-refractivity contribution >= 4 is 35.0 Å². The molecule has 0 unspecified atom stereocenters. The number of anilines is 3. The number of thioether (sulfide) groups is 1. The quantitative estimate of drug-likeness (QED) is 0.550. The van der Waals surface area contributed by atoms with E-state index in [9.17, 15) is 4.79 Å². The molecule has 0 saturated carbocycles. The number of hydrogen-bond acceptors (Lipinski definition) is 6. The van der Waals surface area contributed by atoms with Crippen molar-refractivity contribution in [2.75, 3.05) is 35.3 Å². The topological polar surface area (TPSA) is 84.1 Å². The van der Waals surface area contributed by atoms with Gasteiger partial charge in [0.2, 0.25) is 5.91 Å². The fourth-order valence-electron chi connectivity index (χ4n) is 1.64. The van der Waals surface area contributed by atoms with Crippen molar-refractivity contribution in [1.29, 1.82) is 0 Å². The van der Waals surface area contributed by atoms with Gasteiger partial charge in [0.05, 0.1) is 0 Å². The molecule has 16 heavy (non-hydrogen) atoms. The number of amides is 1. The molecule has 0 radical (unpaired) electrons. The van der Waals surface area contributed by atoms with E-state index < -0.39 is 0 Å². The summed E-state index contributed by atoms with van der Waals surface area (Å²) in [5.41, 5.74) is 6.44. The maximum Gasteiger partial charge on any atom is 0.224 e. The second kappa shape index (κ2) is 4.17. The zero-order valence-corrected chi connectivity index (χ0v) is 9.97. The van der Waals surface area contributed by atoms with E-state index in [4.69, 9.17) is 5.73 Å². The molecule has 0 saturated heterocycles. The van der Waals surface area contributed by atoms with E-state index >= 15 is 0 Å². The van der Waals surface area contributed by atoms with Gasteiger partial charge in [0.1, 0.15) is 5.69 Å². The van der Waals surface area contributed by atoms with Crippen LogP contribution in [-0.2, 0) is 4.79 Å². The van der Waals surface area contributed by atoms with Crippen LogP contribution in [0.1, 0.15) is 6.92 Å². The Bertz CT molecular complexity index is 436. The number of rotatable bonds is 1. The second-order valence-electron chi connectivity index (χ2n) is 3.39. The minimum atomic E-state index is -0.0463. The molecule has 86 valence electrons. The van der Waals surface area contributed by atoms with Crippen molar-refractivity contribution in [1.82, 2.24) is 9.97 Å². The Kier molecular flexibility index (Phi) is 2.86. The Hall–Kier alpha value is -1.50. The van der Waals surface area contributed by atoms with Gasteiger partial charge in [-0.2, -0.15) is 0 Å². The van der Waals surface area contributed by atoms with Crippen LogP contribution in [-0.4, -0.2) is 35.2 Å². The highest BCUT2D eigenvalue weighted by Crippen LogP contribution is 2.33. The monoisotopic (exact) mass is 239 g/mol. The molecule has 2 rings (SSSR count). The molecule has 0 atom stereocenters. The van der Waals surface area contributed by atoms with Crippen molar-refractivity contribution in [3.8, 4) is 0 Å². The number of fused-ring (bicyclic) bond motifs is 1. The average Bonchev–Trinajstić information content (AvgIpc) is 2.27. The van der Waals surface area contributed by atoms with Crippen LogP contribution in [0.25, 0.3) is 0 Å². The predicted octanol–water partition coefficient (Wildman–Crippen LogP) is 0.559. The van der Waals surface area contributed by atoms with Gasteiger partial charge >= 0.3 is 0 Å². The highest BCUT2D eigenvalue weighted by Gasteiger charge is 2.24. The lowest BCUT2D eigenvalue weighted by molar-refractivity contribution is -0.116. The van der Waals surface area contributed by atoms with Gasteiger partial charge in [-0.25, -0.2) is 9.97 Å². The third-order valence-corrected chi connectivity index (χ3v) is 2.90. The van der Waals surface area contributed by atoms with Crippen LogP contribution >= 0.6 is 11.8 Å². The highest BCUT2D eigenvalue weighted by atomic mass is 32.2. The number of nitrogens with one attached hydrogen (secondary N) is 1. The summed E-state index contributed by atoms with van der Waals surface area (Å²) in [4.78, 5) is 21.5. The minimum absolute atomic E-state index is 0.0463. The second-order valence-corrected chi connectivity index (χ2v) is 4.16. The fourth-order valence-corrected chi connectivity index (χ4v) is 2.02. The van der Waals surface area contributed by atoms with Crippen molar-refractivity contribution in [3.05, 3.63) is 0 Å². The van der Waals surface area contributed by atoms with Crippen LogP contribution in [0.5, 0.6) is 0 Å². The molecule has 0 aliphatic carbocycles. The summed E-state index contributed by atoms with van der Waals surface area (Å²) in [6, 6.07) is 0. The van der Waals surface area contributed by atoms with Gasteiger partial charge in [-0.3, -0.25) is 4.79 Å². The first-order valence-corrected chi connectivity index (χ1v) is 6.09. The summed E-state index contributed by atoms with van der Waals surface area (Å²) in [7, 11) is 0. The summed E-state index contributed by atoms with van der Waals surface area (Å²) in [6.07, 6.45) is 1.88. The molecule has 6 nitrogen and oxygen atoms in total. The molecule has 0 aromatic carbocycles. The maximum absolute atomic E-state index is 11.5. The molecule has 7 heteroatoms. The van der Waals surface area contributed by atoms with E-state index in [1.54, 1.807) is 4.90 Å². The van der Waals surface area contributed by atoms with E-state index in [0.717, 1.165) is 0 Å². The highest BCUT2D eigenvalue weighted by molar-refractivity contribution is 7.98. The molecule has 2 heterocycles. The van der Waals surface area contributed by atoms with Crippen LogP contribution in [0, 0.1) is 0 Å². The minimum Gasteiger partial charge on any atom is -0.382 e. The van der Waals surface area contributed by atoms with Crippen LogP contribution in [0.15, 0.2) is 5.16 Å². The van der Waals surface area contributed by atoms with Crippen molar-refractivity contribution in [2.24, 2.45) is 0 Å². The summed E-state index contributed by atoms with van der Waals surface area (Å²) >= 11 is 1.42. The molecule has 1 aliphatic heterocycles. The largest absolute Gasteiger partial charge is 0.382 e. The zero-order valence-electron chi connectivity index (χ0n) is 9.15. The third kappa shape index (κ3) is 1.78. The lowest BCUT2D eigenvalue weighted by Crippen LogP contribution is -2.38. The Morgan fingerprint density at radius 1 is 1.56 bits per heavy atom. The van der Waals surface area contributed by atoms with Gasteiger partial charge < -0.3 is 16.0 Å². The van der Waals surface area contributed by atoms with Gasteiger partial charge in [0.25, 0.3) is 0 Å². The molecular weight excluding hydrogens is 226 g/mol. The summed E-state index contributed by atoms with van der Waals surface area (Å²) in [6.45, 7) is 2.78. The summed E-state index contributed by atoms with van der Waals surface area (Å²) < 4.78 is 0. The summed E-state index contributed by atoms with van der Waals surface area (Å²) in [5, 5.41) is 3.73. The smallest absolute Gasteiger partial charge is 0.224 e. The van der Waals surface area contributed by atoms with E-state index in [1.807, 2.05) is 6.26 Å². The number of hydrogen-bond donors (Lipinski definition) is 2. The van der Waals surface area contributed by atoms with E-state index in [0.29, 0.717) is 35.6 Å². The van der Waals surface area contributed by atoms with Gasteiger partial charge in [-0.15, -0.1) is 0 Å². The SMILES string of the molecule is CSc1nc(N)c2c(n1)NCCN2C(C)=O. The van der Waals surface area contributed by atoms with E-state index in [1.165, 1.54) is 18.7 Å². The first-order chi connectivity index (χ1) is 7.63. The predicted molar refractivity (Wildman–Crippen MR) is 64.7 cm³/mol. The van der Waals surface area contributed by atoms with Gasteiger partial charge in [0, 0.05) is 20.0 Å². The maximum atomic E-state index is 11.5. The molecule has 0 fully saturated rings. The lowest BCUT2D eigenvalue weighted by Gasteiger charge is -2.29. The molecule has 3 N–H and O–H groups in total. The molecule has 1 aromatic heterocycles. The number of carbonyl (C=O) groups excluding carboxylic acids is 1. The zero-order chi connectivity index (χ0) is 11.7. The standard InChI is InChI=1S/C9H13N5OS/c1-5(15)14-4-3-11-8-6(14)7(10)12-9(13-8)16-2/h3-4H2,1-2H3,(H3,10,11,12,13). The number of carbonyl (C=O) groups is 1. The Morgan fingerprint density at radius 2 is 2.31 bits per heavy atom. The molecule has 1 aromatic rings. The average molecular weight is 239 g/mol. The fraction of sp³-hybridized carbons (Fsp3) is 0.444. The Morgan fingerprint density at radius 3 is 2.94 bits per heavy atom. The number of nitrogens with two attached hydrogens (primary N) is 1. The van der Waals surface area contributed by atoms with Crippen molar-refractivity contribution < 1.29 is 4.79 Å². The Balaban J connectivity index is 2.52. The van der Waals surface area contributed by atoms with Crippen molar-refractivity contribution in [3.63, 3.8) is 0 Å². The molecule has 0 bridgehead atoms. The van der Waals surface area contributed by atoms with Crippen LogP contribution < -0.4 is 16.0 Å². The lowest BCUT2D eigenvalue weighted by atomic mass is 10.3. The van der Waals surface area contributed by atoms with Crippen LogP contribution in [0.2, 0.25) is 0 Å². The first kappa shape index (κ1) is 11.0. The van der Waals surface area contributed by atoms with E-state index in [2.05, 4.69) is 15.3 Å². The van der Waals surface area contributed by atoms with Crippen LogP contribution in [0.4, 0.5) is 17.3 Å². The van der Waals surface area contributed by atoms with Crippen LogP contribution in [0.3, 0.4) is 0 Å². The third-order valence-electron chi connectivity index (χ3n) is 2.35. The number of nitrogen functional groups attached to an aromatic ring is 1.